The Labute approximate surface area is 124 Å². The van der Waals surface area contributed by atoms with Gasteiger partial charge in [0.2, 0.25) is 0 Å². The number of rotatable bonds is 3. The molecule has 106 valence electrons. The van der Waals surface area contributed by atoms with Gasteiger partial charge in [-0.3, -0.25) is 0 Å². The second kappa shape index (κ2) is 5.45. The highest BCUT2D eigenvalue weighted by Gasteiger charge is 2.19. The van der Waals surface area contributed by atoms with Gasteiger partial charge < -0.3 is 9.64 Å². The lowest BCUT2D eigenvalue weighted by Gasteiger charge is -2.20. The van der Waals surface area contributed by atoms with Crippen LogP contribution < -0.4 is 9.64 Å². The molecule has 0 bridgehead atoms. The first kappa shape index (κ1) is 13.4. The predicted octanol–water partition coefficient (Wildman–Crippen LogP) is 3.22. The van der Waals surface area contributed by atoms with Crippen LogP contribution in [0.4, 0.5) is 11.5 Å². The second-order valence-electron chi connectivity index (χ2n) is 5.19. The number of ether oxygens (including phenoxy) is 1. The molecule has 1 aliphatic carbocycles. The lowest BCUT2D eigenvalue weighted by atomic mass is 10.1. The van der Waals surface area contributed by atoms with Crippen LogP contribution in [0.1, 0.15) is 23.2 Å². The number of fused-ring (bicyclic) bond motifs is 1. The standard InChI is InChI=1S/C17H17N3O/c1-20(14-6-8-15(21-2)9-7-14)17-13(11-18)10-12-4-3-5-16(12)19-17/h6-10H,3-5H2,1-2H3. The number of aryl methyl sites for hydroxylation is 2. The summed E-state index contributed by atoms with van der Waals surface area (Å²) in [5.41, 5.74) is 3.97. The van der Waals surface area contributed by atoms with Crippen molar-refractivity contribution in [2.24, 2.45) is 0 Å². The summed E-state index contributed by atoms with van der Waals surface area (Å²) < 4.78 is 5.17. The molecule has 0 fully saturated rings. The van der Waals surface area contributed by atoms with Crippen molar-refractivity contribution in [2.45, 2.75) is 19.3 Å². The van der Waals surface area contributed by atoms with Gasteiger partial charge in [0, 0.05) is 18.4 Å². The SMILES string of the molecule is COc1ccc(N(C)c2nc3c(cc2C#N)CCC3)cc1. The van der Waals surface area contributed by atoms with E-state index in [0.717, 1.165) is 42.2 Å². The molecule has 3 rings (SSSR count). The molecule has 0 unspecified atom stereocenters. The minimum atomic E-state index is 0.633. The zero-order chi connectivity index (χ0) is 14.8. The van der Waals surface area contributed by atoms with Crippen LogP contribution in [-0.2, 0) is 12.8 Å². The van der Waals surface area contributed by atoms with E-state index in [0.29, 0.717) is 5.56 Å². The largest absolute Gasteiger partial charge is 0.497 e. The second-order valence-corrected chi connectivity index (χ2v) is 5.19. The number of hydrogen-bond acceptors (Lipinski definition) is 4. The van der Waals surface area contributed by atoms with E-state index >= 15 is 0 Å². The van der Waals surface area contributed by atoms with Crippen molar-refractivity contribution in [1.29, 1.82) is 5.26 Å². The van der Waals surface area contributed by atoms with Crippen LogP contribution in [0.5, 0.6) is 5.75 Å². The zero-order valence-corrected chi connectivity index (χ0v) is 12.3. The Kier molecular flexibility index (Phi) is 3.49. The number of benzene rings is 1. The van der Waals surface area contributed by atoms with Crippen LogP contribution in [0, 0.1) is 11.3 Å². The molecule has 4 nitrogen and oxygen atoms in total. The molecule has 0 aliphatic heterocycles. The molecule has 1 aliphatic rings. The lowest BCUT2D eigenvalue weighted by Crippen LogP contribution is -2.14. The van der Waals surface area contributed by atoms with Crippen molar-refractivity contribution in [2.75, 3.05) is 19.1 Å². The normalized spacial score (nSPS) is 12.6. The van der Waals surface area contributed by atoms with Crippen molar-refractivity contribution in [3.8, 4) is 11.8 Å². The average Bonchev–Trinajstić information content (AvgIpc) is 3.00. The van der Waals surface area contributed by atoms with Gasteiger partial charge in [0.15, 0.2) is 5.82 Å². The fourth-order valence-corrected chi connectivity index (χ4v) is 2.73. The third kappa shape index (κ3) is 2.43. The van der Waals surface area contributed by atoms with Gasteiger partial charge in [0.05, 0.1) is 12.7 Å². The summed E-state index contributed by atoms with van der Waals surface area (Å²) in [6.07, 6.45) is 3.16. The van der Waals surface area contributed by atoms with E-state index < -0.39 is 0 Å². The Morgan fingerprint density at radius 2 is 2.00 bits per heavy atom. The van der Waals surface area contributed by atoms with E-state index in [4.69, 9.17) is 9.72 Å². The Morgan fingerprint density at radius 3 is 2.67 bits per heavy atom. The maximum Gasteiger partial charge on any atom is 0.151 e. The highest BCUT2D eigenvalue weighted by atomic mass is 16.5. The van der Waals surface area contributed by atoms with E-state index in [9.17, 15) is 5.26 Å². The summed E-state index contributed by atoms with van der Waals surface area (Å²) in [6, 6.07) is 12.0. The lowest BCUT2D eigenvalue weighted by molar-refractivity contribution is 0.415. The number of nitrogens with zero attached hydrogens (tertiary/aromatic N) is 3. The molecule has 1 heterocycles. The monoisotopic (exact) mass is 279 g/mol. The molecule has 0 amide bonds. The minimum Gasteiger partial charge on any atom is -0.497 e. The van der Waals surface area contributed by atoms with Crippen molar-refractivity contribution < 1.29 is 4.74 Å². The number of aromatic nitrogens is 1. The molecule has 4 heteroatoms. The van der Waals surface area contributed by atoms with Crippen LogP contribution >= 0.6 is 0 Å². The van der Waals surface area contributed by atoms with Gasteiger partial charge in [-0.15, -0.1) is 0 Å². The predicted molar refractivity (Wildman–Crippen MR) is 82.0 cm³/mol. The molecule has 0 spiro atoms. The summed E-state index contributed by atoms with van der Waals surface area (Å²) >= 11 is 0. The first-order valence-corrected chi connectivity index (χ1v) is 7.03. The molecule has 0 N–H and O–H groups in total. The highest BCUT2D eigenvalue weighted by Crippen LogP contribution is 2.30. The quantitative estimate of drug-likeness (QED) is 0.865. The van der Waals surface area contributed by atoms with Crippen LogP contribution in [0.25, 0.3) is 0 Å². The average molecular weight is 279 g/mol. The fraction of sp³-hybridized carbons (Fsp3) is 0.294. The van der Waals surface area contributed by atoms with Gasteiger partial charge in [-0.05, 0) is 55.2 Å². The first-order valence-electron chi connectivity index (χ1n) is 7.03. The van der Waals surface area contributed by atoms with Crippen molar-refractivity contribution in [3.63, 3.8) is 0 Å². The van der Waals surface area contributed by atoms with Gasteiger partial charge in [0.1, 0.15) is 11.8 Å². The summed E-state index contributed by atoms with van der Waals surface area (Å²) in [5.74, 6) is 1.54. The summed E-state index contributed by atoms with van der Waals surface area (Å²) in [6.45, 7) is 0. The van der Waals surface area contributed by atoms with Gasteiger partial charge in [-0.25, -0.2) is 4.98 Å². The molecule has 0 atom stereocenters. The molecule has 0 saturated heterocycles. The van der Waals surface area contributed by atoms with Gasteiger partial charge in [0.25, 0.3) is 0 Å². The fourth-order valence-electron chi connectivity index (χ4n) is 2.73. The van der Waals surface area contributed by atoms with Gasteiger partial charge in [-0.1, -0.05) is 0 Å². The summed E-state index contributed by atoms with van der Waals surface area (Å²) in [4.78, 5) is 6.67. The van der Waals surface area contributed by atoms with Gasteiger partial charge >= 0.3 is 0 Å². The Hall–Kier alpha value is -2.54. The number of methoxy groups -OCH3 is 1. The van der Waals surface area contributed by atoms with E-state index in [1.165, 1.54) is 5.56 Å². The van der Waals surface area contributed by atoms with Crippen LogP contribution in [0.3, 0.4) is 0 Å². The third-order valence-electron chi connectivity index (χ3n) is 3.93. The maximum absolute atomic E-state index is 9.39. The van der Waals surface area contributed by atoms with Crippen LogP contribution in [-0.4, -0.2) is 19.1 Å². The van der Waals surface area contributed by atoms with E-state index in [1.54, 1.807) is 7.11 Å². The van der Waals surface area contributed by atoms with Crippen molar-refractivity contribution in [1.82, 2.24) is 4.98 Å². The third-order valence-corrected chi connectivity index (χ3v) is 3.93. The maximum atomic E-state index is 9.39. The Bertz CT molecular complexity index is 701. The molecule has 21 heavy (non-hydrogen) atoms. The number of anilines is 2. The number of nitriles is 1. The summed E-state index contributed by atoms with van der Waals surface area (Å²) in [7, 11) is 3.58. The van der Waals surface area contributed by atoms with E-state index in [-0.39, 0.29) is 0 Å². The Balaban J connectivity index is 2.00. The molecule has 1 aromatic carbocycles. The molecular weight excluding hydrogens is 262 g/mol. The van der Waals surface area contributed by atoms with E-state index in [1.807, 2.05) is 42.3 Å². The first-order chi connectivity index (χ1) is 10.2. The zero-order valence-electron chi connectivity index (χ0n) is 12.3. The molecule has 0 saturated carbocycles. The molecule has 0 radical (unpaired) electrons. The van der Waals surface area contributed by atoms with Crippen molar-refractivity contribution >= 4 is 11.5 Å². The number of pyridine rings is 1. The Morgan fingerprint density at radius 1 is 1.24 bits per heavy atom. The smallest absolute Gasteiger partial charge is 0.151 e. The topological polar surface area (TPSA) is 49.1 Å². The molecule has 2 aromatic rings. The van der Waals surface area contributed by atoms with Crippen LogP contribution in [0.15, 0.2) is 30.3 Å². The van der Waals surface area contributed by atoms with Crippen molar-refractivity contribution in [3.05, 3.63) is 47.2 Å². The number of hydrogen-bond donors (Lipinski definition) is 0. The van der Waals surface area contributed by atoms with Crippen LogP contribution in [0.2, 0.25) is 0 Å². The highest BCUT2D eigenvalue weighted by molar-refractivity contribution is 5.66. The molecule has 1 aromatic heterocycles. The summed E-state index contributed by atoms with van der Waals surface area (Å²) in [5, 5.41) is 9.39. The van der Waals surface area contributed by atoms with E-state index in [2.05, 4.69) is 6.07 Å². The molecular formula is C17H17N3O. The van der Waals surface area contributed by atoms with Gasteiger partial charge in [-0.2, -0.15) is 5.26 Å². The minimum absolute atomic E-state index is 0.633.